The number of aromatic nitrogens is 2. The minimum atomic E-state index is 0.485. The zero-order valence-electron chi connectivity index (χ0n) is 12.8. The van der Waals surface area contributed by atoms with Gasteiger partial charge < -0.3 is 4.90 Å². The average Bonchev–Trinajstić information content (AvgIpc) is 2.79. The molecule has 0 bridgehead atoms. The molecule has 108 valence electrons. The maximum atomic E-state index is 3.62. The summed E-state index contributed by atoms with van der Waals surface area (Å²) in [5.74, 6) is 1.33. The lowest BCUT2D eigenvalue weighted by atomic mass is 10.3. The highest BCUT2D eigenvalue weighted by atomic mass is 15.3. The molecule has 2 N–H and O–H groups in total. The number of hydrogen-bond acceptors (Lipinski definition) is 1. The molecule has 2 heterocycles. The Labute approximate surface area is 121 Å². The van der Waals surface area contributed by atoms with Gasteiger partial charge in [0, 0.05) is 13.1 Å². The molecule has 1 aliphatic rings. The Bertz CT molecular complexity index is 579. The number of benzene rings is 1. The van der Waals surface area contributed by atoms with Crippen molar-refractivity contribution in [2.24, 2.45) is 0 Å². The van der Waals surface area contributed by atoms with E-state index in [1.807, 2.05) is 0 Å². The Morgan fingerprint density at radius 1 is 1.25 bits per heavy atom. The van der Waals surface area contributed by atoms with E-state index in [4.69, 9.17) is 0 Å². The van der Waals surface area contributed by atoms with Gasteiger partial charge in [0.2, 0.25) is 0 Å². The minimum absolute atomic E-state index is 0.485. The first-order chi connectivity index (χ1) is 9.65. The van der Waals surface area contributed by atoms with Crippen molar-refractivity contribution in [1.82, 2.24) is 9.88 Å². The van der Waals surface area contributed by atoms with E-state index in [0.717, 1.165) is 6.54 Å². The second kappa shape index (κ2) is 5.54. The summed E-state index contributed by atoms with van der Waals surface area (Å²) in [6.07, 6.45) is 0. The van der Waals surface area contributed by atoms with Crippen LogP contribution in [0, 0.1) is 0 Å². The lowest BCUT2D eigenvalue weighted by molar-refractivity contribution is -0.884. The molecule has 0 radical (unpaired) electrons. The third kappa shape index (κ3) is 2.58. The number of aromatic amines is 1. The monoisotopic (exact) mass is 274 g/mol. The summed E-state index contributed by atoms with van der Waals surface area (Å²) >= 11 is 0. The Kier molecular flexibility index (Phi) is 3.76. The van der Waals surface area contributed by atoms with Crippen LogP contribution in [-0.2, 0) is 6.54 Å². The first-order valence-corrected chi connectivity index (χ1v) is 7.70. The van der Waals surface area contributed by atoms with Crippen LogP contribution in [0.3, 0.4) is 0 Å². The SMILES string of the molecule is CC(C)[n+]1c(CN2CC[NH+](C)CC2)[nH]c2ccccc21. The number of para-hydroxylation sites is 2. The summed E-state index contributed by atoms with van der Waals surface area (Å²) < 4.78 is 2.44. The summed E-state index contributed by atoms with van der Waals surface area (Å²) in [5.41, 5.74) is 2.56. The smallest absolute Gasteiger partial charge is 0.269 e. The maximum Gasteiger partial charge on any atom is 0.269 e. The van der Waals surface area contributed by atoms with Crippen molar-refractivity contribution in [2.75, 3.05) is 33.2 Å². The molecule has 2 aromatic rings. The number of H-pyrrole nitrogens is 1. The van der Waals surface area contributed by atoms with Gasteiger partial charge in [0.05, 0.1) is 26.2 Å². The third-order valence-corrected chi connectivity index (χ3v) is 4.33. The van der Waals surface area contributed by atoms with E-state index in [0.29, 0.717) is 6.04 Å². The molecule has 1 saturated heterocycles. The van der Waals surface area contributed by atoms with Crippen LogP contribution in [0.25, 0.3) is 11.0 Å². The van der Waals surface area contributed by atoms with Crippen LogP contribution in [0.15, 0.2) is 24.3 Å². The number of imidazole rings is 1. The molecule has 1 aromatic carbocycles. The van der Waals surface area contributed by atoms with Gasteiger partial charge in [-0.2, -0.15) is 0 Å². The van der Waals surface area contributed by atoms with Crippen LogP contribution in [0.1, 0.15) is 25.7 Å². The quantitative estimate of drug-likeness (QED) is 0.778. The second-order valence-corrected chi connectivity index (χ2v) is 6.29. The molecule has 1 aromatic heterocycles. The van der Waals surface area contributed by atoms with Crippen LogP contribution in [0.5, 0.6) is 0 Å². The minimum Gasteiger partial charge on any atom is -0.335 e. The summed E-state index contributed by atoms with van der Waals surface area (Å²) in [6.45, 7) is 10.4. The number of nitrogens with one attached hydrogen (secondary N) is 2. The predicted molar refractivity (Wildman–Crippen MR) is 80.8 cm³/mol. The molecule has 4 nitrogen and oxygen atoms in total. The number of fused-ring (bicyclic) bond motifs is 1. The summed E-state index contributed by atoms with van der Waals surface area (Å²) in [5, 5.41) is 0. The summed E-state index contributed by atoms with van der Waals surface area (Å²) in [4.78, 5) is 7.83. The first kappa shape index (κ1) is 13.6. The molecule has 0 unspecified atom stereocenters. The molecular formula is C16H26N4+2. The van der Waals surface area contributed by atoms with Crippen LogP contribution in [-0.4, -0.2) is 43.1 Å². The van der Waals surface area contributed by atoms with Crippen molar-refractivity contribution in [1.29, 1.82) is 0 Å². The van der Waals surface area contributed by atoms with Gasteiger partial charge in [-0.3, -0.25) is 4.90 Å². The van der Waals surface area contributed by atoms with E-state index in [1.54, 1.807) is 4.90 Å². The van der Waals surface area contributed by atoms with E-state index in [9.17, 15) is 0 Å². The van der Waals surface area contributed by atoms with Crippen molar-refractivity contribution in [3.8, 4) is 0 Å². The van der Waals surface area contributed by atoms with E-state index in [1.165, 1.54) is 43.0 Å². The van der Waals surface area contributed by atoms with Gasteiger partial charge in [-0.05, 0) is 26.0 Å². The second-order valence-electron chi connectivity index (χ2n) is 6.29. The van der Waals surface area contributed by atoms with Crippen LogP contribution in [0.4, 0.5) is 0 Å². The molecular weight excluding hydrogens is 248 g/mol. The number of hydrogen-bond donors (Lipinski definition) is 2. The van der Waals surface area contributed by atoms with Crippen LogP contribution < -0.4 is 9.47 Å². The van der Waals surface area contributed by atoms with Crippen LogP contribution >= 0.6 is 0 Å². The van der Waals surface area contributed by atoms with E-state index >= 15 is 0 Å². The van der Waals surface area contributed by atoms with E-state index < -0.39 is 0 Å². The van der Waals surface area contributed by atoms with Crippen molar-refractivity contribution >= 4 is 11.0 Å². The van der Waals surface area contributed by atoms with Crippen LogP contribution in [0.2, 0.25) is 0 Å². The van der Waals surface area contributed by atoms with Gasteiger partial charge >= 0.3 is 0 Å². The predicted octanol–water partition coefficient (Wildman–Crippen LogP) is 0.367. The molecule has 0 atom stereocenters. The molecule has 1 aliphatic heterocycles. The highest BCUT2D eigenvalue weighted by Crippen LogP contribution is 2.13. The molecule has 3 rings (SSSR count). The van der Waals surface area contributed by atoms with Crippen molar-refractivity contribution in [3.63, 3.8) is 0 Å². The fourth-order valence-electron chi connectivity index (χ4n) is 3.16. The zero-order valence-corrected chi connectivity index (χ0v) is 12.8. The van der Waals surface area contributed by atoms with Gasteiger partial charge in [-0.1, -0.05) is 12.1 Å². The fourth-order valence-corrected chi connectivity index (χ4v) is 3.16. The Balaban J connectivity index is 1.88. The fraction of sp³-hybridized carbons (Fsp3) is 0.562. The number of nitrogens with zero attached hydrogens (tertiary/aromatic N) is 2. The molecule has 4 heteroatoms. The Morgan fingerprint density at radius 2 is 1.95 bits per heavy atom. The number of quaternary nitrogens is 1. The normalized spacial score (nSPS) is 18.2. The Morgan fingerprint density at radius 3 is 2.65 bits per heavy atom. The highest BCUT2D eigenvalue weighted by Gasteiger charge is 2.25. The van der Waals surface area contributed by atoms with Crippen molar-refractivity contribution in [2.45, 2.75) is 26.4 Å². The van der Waals surface area contributed by atoms with Gasteiger partial charge in [0.15, 0.2) is 11.0 Å². The third-order valence-electron chi connectivity index (χ3n) is 4.33. The number of likely N-dealkylation sites (N-methyl/N-ethyl adjacent to an activating group) is 1. The largest absolute Gasteiger partial charge is 0.335 e. The van der Waals surface area contributed by atoms with Gasteiger partial charge in [0.1, 0.15) is 6.54 Å². The van der Waals surface area contributed by atoms with E-state index in [2.05, 4.69) is 59.6 Å². The number of piperazine rings is 1. The topological polar surface area (TPSA) is 27.4 Å². The molecule has 20 heavy (non-hydrogen) atoms. The lowest BCUT2D eigenvalue weighted by Gasteiger charge is -2.28. The summed E-state index contributed by atoms with van der Waals surface area (Å²) in [6, 6.07) is 9.10. The van der Waals surface area contributed by atoms with Crippen molar-refractivity contribution in [3.05, 3.63) is 30.1 Å². The molecule has 1 fully saturated rings. The first-order valence-electron chi connectivity index (χ1n) is 7.70. The molecule has 0 amide bonds. The molecule has 0 spiro atoms. The van der Waals surface area contributed by atoms with Gasteiger partial charge in [-0.15, -0.1) is 0 Å². The highest BCUT2D eigenvalue weighted by molar-refractivity contribution is 5.71. The maximum absolute atomic E-state index is 3.62. The average molecular weight is 274 g/mol. The lowest BCUT2D eigenvalue weighted by Crippen LogP contribution is -3.11. The van der Waals surface area contributed by atoms with Crippen molar-refractivity contribution < 1.29 is 9.47 Å². The van der Waals surface area contributed by atoms with Gasteiger partial charge in [0.25, 0.3) is 5.82 Å². The Hall–Kier alpha value is -1.39. The zero-order chi connectivity index (χ0) is 14.1. The molecule has 0 saturated carbocycles. The number of rotatable bonds is 3. The molecule has 0 aliphatic carbocycles. The van der Waals surface area contributed by atoms with Gasteiger partial charge in [-0.25, -0.2) is 9.55 Å². The van der Waals surface area contributed by atoms with E-state index in [-0.39, 0.29) is 0 Å². The standard InChI is InChI=1S/C16H24N4/c1-13(2)20-15-7-5-4-6-14(15)17-16(20)12-19-10-8-18(3)9-11-19/h4-7,13H,8-12H2,1-3H3/p+2. The summed E-state index contributed by atoms with van der Waals surface area (Å²) in [7, 11) is 2.29.